The van der Waals surface area contributed by atoms with Crippen LogP contribution in [0.25, 0.3) is 11.1 Å². The summed E-state index contributed by atoms with van der Waals surface area (Å²) in [6, 6.07) is 11.3. The van der Waals surface area contributed by atoms with Crippen molar-refractivity contribution in [1.29, 1.82) is 0 Å². The molecule has 0 heterocycles. The number of carboxylic acids is 1. The van der Waals surface area contributed by atoms with Gasteiger partial charge in [0, 0.05) is 11.6 Å². The number of hydrogen-bond donors (Lipinski definition) is 4. The van der Waals surface area contributed by atoms with E-state index in [9.17, 15) is 23.1 Å². The Morgan fingerprint density at radius 2 is 1.55 bits per heavy atom. The molecule has 0 aliphatic rings. The summed E-state index contributed by atoms with van der Waals surface area (Å²) in [7, 11) is -4.01. The lowest BCUT2D eigenvalue weighted by molar-refractivity contribution is -0.139. The van der Waals surface area contributed by atoms with E-state index in [0.717, 1.165) is 11.1 Å². The van der Waals surface area contributed by atoms with Crippen molar-refractivity contribution in [3.63, 3.8) is 0 Å². The second kappa shape index (κ2) is 10.2. The molecular weight excluding hydrogens is 418 g/mol. The van der Waals surface area contributed by atoms with E-state index in [2.05, 4.69) is 10.0 Å². The Bertz CT molecular complexity index is 947. The summed E-state index contributed by atoms with van der Waals surface area (Å²) in [6.07, 6.45) is 0.956. The van der Waals surface area contributed by atoms with Crippen molar-refractivity contribution < 1.29 is 23.1 Å². The molecule has 5 N–H and O–H groups in total. The van der Waals surface area contributed by atoms with E-state index in [1.165, 1.54) is 12.1 Å². The van der Waals surface area contributed by atoms with E-state index in [1.54, 1.807) is 24.3 Å². The van der Waals surface area contributed by atoms with E-state index < -0.39 is 28.1 Å². The van der Waals surface area contributed by atoms with Crippen molar-refractivity contribution in [2.45, 2.75) is 30.2 Å². The second-order valence-electron chi connectivity index (χ2n) is 6.33. The SMILES string of the molecule is NC(=O)NCCCCC(NS(=O)(=O)c1ccc(-c2ccc(Cl)cc2)cc1)C(=O)O. The molecule has 156 valence electrons. The number of carbonyl (C=O) groups is 2. The maximum absolute atomic E-state index is 12.6. The van der Waals surface area contributed by atoms with Crippen LogP contribution in [-0.4, -0.2) is 38.1 Å². The third-order valence-electron chi connectivity index (χ3n) is 4.16. The minimum Gasteiger partial charge on any atom is -0.480 e. The monoisotopic (exact) mass is 439 g/mol. The van der Waals surface area contributed by atoms with Gasteiger partial charge in [-0.1, -0.05) is 35.9 Å². The minimum absolute atomic E-state index is 0.0307. The van der Waals surface area contributed by atoms with Crippen LogP contribution in [0.4, 0.5) is 4.79 Å². The number of primary amides is 1. The largest absolute Gasteiger partial charge is 0.480 e. The van der Waals surface area contributed by atoms with Gasteiger partial charge in [0.05, 0.1) is 4.90 Å². The summed E-state index contributed by atoms with van der Waals surface area (Å²) in [4.78, 5) is 22.0. The highest BCUT2D eigenvalue weighted by Gasteiger charge is 2.25. The average molecular weight is 440 g/mol. The first-order valence-electron chi connectivity index (χ1n) is 8.83. The van der Waals surface area contributed by atoms with Crippen LogP contribution in [0, 0.1) is 0 Å². The molecule has 2 amide bonds. The molecule has 0 aromatic heterocycles. The Hall–Kier alpha value is -2.62. The van der Waals surface area contributed by atoms with Crippen LogP contribution >= 0.6 is 11.6 Å². The predicted octanol–water partition coefficient (Wildman–Crippen LogP) is 2.58. The number of unbranched alkanes of at least 4 members (excludes halogenated alkanes) is 1. The Morgan fingerprint density at radius 3 is 2.07 bits per heavy atom. The third-order valence-corrected chi connectivity index (χ3v) is 5.90. The number of sulfonamides is 1. The van der Waals surface area contributed by atoms with E-state index in [4.69, 9.17) is 17.3 Å². The summed E-state index contributed by atoms with van der Waals surface area (Å²) in [6.45, 7) is 0.292. The lowest BCUT2D eigenvalue weighted by atomic mass is 10.1. The van der Waals surface area contributed by atoms with Gasteiger partial charge < -0.3 is 16.2 Å². The number of carboxylic acid groups (broad SMARTS) is 1. The number of aliphatic carboxylic acids is 1. The summed E-state index contributed by atoms with van der Waals surface area (Å²) >= 11 is 5.87. The van der Waals surface area contributed by atoms with Gasteiger partial charge in [-0.15, -0.1) is 0 Å². The van der Waals surface area contributed by atoms with Crippen molar-refractivity contribution >= 4 is 33.6 Å². The highest BCUT2D eigenvalue weighted by molar-refractivity contribution is 7.89. The first-order chi connectivity index (χ1) is 13.7. The van der Waals surface area contributed by atoms with Crippen molar-refractivity contribution in [2.24, 2.45) is 5.73 Å². The smallest absolute Gasteiger partial charge is 0.321 e. The first kappa shape index (κ1) is 22.7. The molecule has 10 heteroatoms. The number of urea groups is 1. The average Bonchev–Trinajstić information content (AvgIpc) is 2.67. The second-order valence-corrected chi connectivity index (χ2v) is 8.48. The Balaban J connectivity index is 2.02. The van der Waals surface area contributed by atoms with Gasteiger partial charge >= 0.3 is 12.0 Å². The molecule has 0 radical (unpaired) electrons. The van der Waals surface area contributed by atoms with E-state index in [0.29, 0.717) is 24.4 Å². The standard InChI is InChI=1S/C19H22ClN3O5S/c20-15-8-4-13(5-9-15)14-6-10-16(11-7-14)29(27,28)23-17(18(24)25)3-1-2-12-22-19(21)26/h4-11,17,23H,1-3,12H2,(H,24,25)(H3,21,22,26). The van der Waals surface area contributed by atoms with Gasteiger partial charge in [0.1, 0.15) is 6.04 Å². The zero-order valence-electron chi connectivity index (χ0n) is 15.5. The van der Waals surface area contributed by atoms with Gasteiger partial charge in [0.2, 0.25) is 10.0 Å². The molecule has 0 fully saturated rings. The lowest BCUT2D eigenvalue weighted by Gasteiger charge is -2.15. The number of benzene rings is 2. The maximum atomic E-state index is 12.6. The Morgan fingerprint density at radius 1 is 1.00 bits per heavy atom. The number of carbonyl (C=O) groups excluding carboxylic acids is 1. The zero-order valence-corrected chi connectivity index (χ0v) is 17.0. The zero-order chi connectivity index (χ0) is 21.4. The molecule has 29 heavy (non-hydrogen) atoms. The summed E-state index contributed by atoms with van der Waals surface area (Å²) < 4.78 is 27.3. The fourth-order valence-electron chi connectivity index (χ4n) is 2.64. The fourth-order valence-corrected chi connectivity index (χ4v) is 3.99. The molecule has 2 aromatic carbocycles. The number of nitrogens with one attached hydrogen (secondary N) is 2. The molecule has 0 bridgehead atoms. The van der Waals surface area contributed by atoms with E-state index in [1.807, 2.05) is 12.1 Å². The van der Waals surface area contributed by atoms with Crippen LogP contribution in [0.5, 0.6) is 0 Å². The number of hydrogen-bond acceptors (Lipinski definition) is 4. The molecular formula is C19H22ClN3O5S. The number of nitrogens with two attached hydrogens (primary N) is 1. The fraction of sp³-hybridized carbons (Fsp3) is 0.263. The summed E-state index contributed by atoms with van der Waals surface area (Å²) in [5.41, 5.74) is 6.62. The van der Waals surface area contributed by atoms with Gasteiger partial charge in [0.25, 0.3) is 0 Å². The molecule has 2 rings (SSSR count). The maximum Gasteiger partial charge on any atom is 0.321 e. The molecule has 8 nitrogen and oxygen atoms in total. The summed E-state index contributed by atoms with van der Waals surface area (Å²) in [5.74, 6) is -1.27. The third kappa shape index (κ3) is 7.04. The van der Waals surface area contributed by atoms with Crippen LogP contribution in [0.3, 0.4) is 0 Å². The molecule has 0 saturated heterocycles. The minimum atomic E-state index is -4.01. The van der Waals surface area contributed by atoms with Gasteiger partial charge in [-0.2, -0.15) is 4.72 Å². The molecule has 0 spiro atoms. The van der Waals surface area contributed by atoms with Gasteiger partial charge in [-0.05, 0) is 54.7 Å². The van der Waals surface area contributed by atoms with Gasteiger partial charge in [0.15, 0.2) is 0 Å². The molecule has 0 aliphatic carbocycles. The Labute approximate surface area is 174 Å². The van der Waals surface area contributed by atoms with Crippen LogP contribution in [0.1, 0.15) is 19.3 Å². The highest BCUT2D eigenvalue weighted by atomic mass is 35.5. The van der Waals surface area contributed by atoms with Gasteiger partial charge in [-0.25, -0.2) is 13.2 Å². The summed E-state index contributed by atoms with van der Waals surface area (Å²) in [5, 5.41) is 12.3. The number of amides is 2. The Kier molecular flexibility index (Phi) is 8.00. The van der Waals surface area contributed by atoms with Crippen molar-refractivity contribution in [3.8, 4) is 11.1 Å². The van der Waals surface area contributed by atoms with Crippen molar-refractivity contribution in [3.05, 3.63) is 53.6 Å². The van der Waals surface area contributed by atoms with E-state index in [-0.39, 0.29) is 11.3 Å². The van der Waals surface area contributed by atoms with Crippen LogP contribution in [0.2, 0.25) is 5.02 Å². The first-order valence-corrected chi connectivity index (χ1v) is 10.7. The predicted molar refractivity (Wildman–Crippen MR) is 110 cm³/mol. The van der Waals surface area contributed by atoms with Crippen molar-refractivity contribution in [1.82, 2.24) is 10.0 Å². The molecule has 1 unspecified atom stereocenters. The van der Waals surface area contributed by atoms with E-state index >= 15 is 0 Å². The number of rotatable bonds is 10. The molecule has 1 atom stereocenters. The van der Waals surface area contributed by atoms with Crippen molar-refractivity contribution in [2.75, 3.05) is 6.54 Å². The molecule has 2 aromatic rings. The highest BCUT2D eigenvalue weighted by Crippen LogP contribution is 2.23. The molecule has 0 aliphatic heterocycles. The topological polar surface area (TPSA) is 139 Å². The number of halogens is 1. The quantitative estimate of drug-likeness (QED) is 0.421. The van der Waals surface area contributed by atoms with Crippen LogP contribution in [0.15, 0.2) is 53.4 Å². The van der Waals surface area contributed by atoms with Crippen LogP contribution < -0.4 is 15.8 Å². The lowest BCUT2D eigenvalue weighted by Crippen LogP contribution is -2.40. The van der Waals surface area contributed by atoms with Gasteiger partial charge in [-0.3, -0.25) is 4.79 Å². The van der Waals surface area contributed by atoms with Crippen LogP contribution in [-0.2, 0) is 14.8 Å². The molecule has 0 saturated carbocycles. The normalized spacial score (nSPS) is 12.3.